The zero-order chi connectivity index (χ0) is 13.4. The van der Waals surface area contributed by atoms with E-state index in [1.807, 2.05) is 0 Å². The first kappa shape index (κ1) is 11.1. The third-order valence-corrected chi connectivity index (χ3v) is 2.66. The number of nitrogens with zero attached hydrogens (tertiary/aromatic N) is 4. The smallest absolute Gasteiger partial charge is 0.335 e. The van der Waals surface area contributed by atoms with E-state index >= 15 is 0 Å². The summed E-state index contributed by atoms with van der Waals surface area (Å²) < 4.78 is 1.48. The topological polar surface area (TPSA) is 106 Å². The lowest BCUT2D eigenvalue weighted by molar-refractivity contribution is 0.0697. The summed E-state index contributed by atoms with van der Waals surface area (Å²) in [5.41, 5.74) is 7.13. The van der Waals surface area contributed by atoms with E-state index in [9.17, 15) is 4.79 Å². The van der Waals surface area contributed by atoms with Crippen molar-refractivity contribution < 1.29 is 9.90 Å². The van der Waals surface area contributed by atoms with Crippen LogP contribution in [0.5, 0.6) is 0 Å². The van der Waals surface area contributed by atoms with Crippen LogP contribution in [-0.2, 0) is 0 Å². The molecule has 19 heavy (non-hydrogen) atoms. The van der Waals surface area contributed by atoms with Gasteiger partial charge in [0.1, 0.15) is 0 Å². The average molecular weight is 255 g/mol. The van der Waals surface area contributed by atoms with Crippen LogP contribution in [0.4, 0.5) is 5.95 Å². The van der Waals surface area contributed by atoms with Crippen LogP contribution in [0, 0.1) is 0 Å². The summed E-state index contributed by atoms with van der Waals surface area (Å²) in [4.78, 5) is 19.0. The van der Waals surface area contributed by atoms with Gasteiger partial charge in [-0.2, -0.15) is 9.50 Å². The monoisotopic (exact) mass is 255 g/mol. The van der Waals surface area contributed by atoms with Crippen LogP contribution in [0.15, 0.2) is 36.5 Å². The Balaban J connectivity index is 2.24. The van der Waals surface area contributed by atoms with E-state index in [1.54, 1.807) is 30.5 Å². The van der Waals surface area contributed by atoms with E-state index in [0.29, 0.717) is 17.0 Å². The highest BCUT2D eigenvalue weighted by molar-refractivity contribution is 5.89. The fraction of sp³-hybridized carbons (Fsp3) is 0. The third kappa shape index (κ3) is 1.86. The maximum Gasteiger partial charge on any atom is 0.335 e. The van der Waals surface area contributed by atoms with Gasteiger partial charge < -0.3 is 10.8 Å². The lowest BCUT2D eigenvalue weighted by atomic mass is 10.1. The molecule has 2 aromatic heterocycles. The number of carboxylic acid groups (broad SMARTS) is 1. The van der Waals surface area contributed by atoms with Gasteiger partial charge in [-0.3, -0.25) is 0 Å². The molecular weight excluding hydrogens is 246 g/mol. The molecule has 0 atom stereocenters. The number of nitrogens with two attached hydrogens (primary N) is 1. The Kier molecular flexibility index (Phi) is 2.38. The molecule has 0 amide bonds. The van der Waals surface area contributed by atoms with Gasteiger partial charge in [-0.15, -0.1) is 5.10 Å². The SMILES string of the molecule is Nc1nc2nccc(-c3cccc(C(=O)O)c3)n2n1. The van der Waals surface area contributed by atoms with Gasteiger partial charge in [0, 0.05) is 11.8 Å². The molecule has 0 spiro atoms. The standard InChI is InChI=1S/C12H9N5O2/c13-11-15-12-14-5-4-9(17(12)16-11)7-2-1-3-8(6-7)10(18)19/h1-6H,(H2,13,16)(H,18,19). The molecule has 94 valence electrons. The van der Waals surface area contributed by atoms with Crippen LogP contribution in [-0.4, -0.2) is 30.7 Å². The van der Waals surface area contributed by atoms with Crippen molar-refractivity contribution in [3.8, 4) is 11.3 Å². The average Bonchev–Trinajstić information content (AvgIpc) is 2.78. The lowest BCUT2D eigenvalue weighted by Gasteiger charge is -2.04. The van der Waals surface area contributed by atoms with Gasteiger partial charge in [0.05, 0.1) is 11.3 Å². The van der Waals surface area contributed by atoms with Crippen molar-refractivity contribution in [1.82, 2.24) is 19.6 Å². The molecule has 0 aliphatic carbocycles. The highest BCUT2D eigenvalue weighted by atomic mass is 16.4. The minimum absolute atomic E-state index is 0.120. The second-order valence-corrected chi connectivity index (χ2v) is 3.90. The Morgan fingerprint density at radius 1 is 1.32 bits per heavy atom. The molecule has 7 heteroatoms. The van der Waals surface area contributed by atoms with Crippen molar-refractivity contribution in [3.05, 3.63) is 42.1 Å². The molecule has 3 N–H and O–H groups in total. The second kappa shape index (κ2) is 4.05. The second-order valence-electron chi connectivity index (χ2n) is 3.90. The van der Waals surface area contributed by atoms with Gasteiger partial charge >= 0.3 is 5.97 Å². The Morgan fingerprint density at radius 3 is 2.95 bits per heavy atom. The molecule has 0 aliphatic heterocycles. The summed E-state index contributed by atoms with van der Waals surface area (Å²) >= 11 is 0. The van der Waals surface area contributed by atoms with E-state index in [-0.39, 0.29) is 11.5 Å². The highest BCUT2D eigenvalue weighted by Gasteiger charge is 2.10. The zero-order valence-corrected chi connectivity index (χ0v) is 9.69. The summed E-state index contributed by atoms with van der Waals surface area (Å²) in [7, 11) is 0. The lowest BCUT2D eigenvalue weighted by Crippen LogP contribution is -1.99. The predicted molar refractivity (Wildman–Crippen MR) is 67.6 cm³/mol. The summed E-state index contributed by atoms with van der Waals surface area (Å²) in [5, 5.41) is 13.0. The van der Waals surface area contributed by atoms with Crippen molar-refractivity contribution in [1.29, 1.82) is 0 Å². The maximum atomic E-state index is 11.0. The van der Waals surface area contributed by atoms with Crippen LogP contribution < -0.4 is 5.73 Å². The van der Waals surface area contributed by atoms with Crippen LogP contribution in [0.25, 0.3) is 17.0 Å². The van der Waals surface area contributed by atoms with Crippen LogP contribution in [0.3, 0.4) is 0 Å². The van der Waals surface area contributed by atoms with E-state index < -0.39 is 5.97 Å². The number of hydrogen-bond donors (Lipinski definition) is 2. The van der Waals surface area contributed by atoms with E-state index in [1.165, 1.54) is 10.6 Å². The van der Waals surface area contributed by atoms with Crippen molar-refractivity contribution in [2.24, 2.45) is 0 Å². The summed E-state index contributed by atoms with van der Waals surface area (Å²) in [5.74, 6) is -0.490. The molecule has 0 fully saturated rings. The Morgan fingerprint density at radius 2 is 2.16 bits per heavy atom. The molecule has 7 nitrogen and oxygen atoms in total. The first-order valence-electron chi connectivity index (χ1n) is 5.46. The molecule has 0 aliphatic rings. The van der Waals surface area contributed by atoms with E-state index in [2.05, 4.69) is 15.1 Å². The predicted octanol–water partition coefficient (Wildman–Crippen LogP) is 1.07. The van der Waals surface area contributed by atoms with E-state index in [0.717, 1.165) is 0 Å². The van der Waals surface area contributed by atoms with Crippen molar-refractivity contribution >= 4 is 17.7 Å². The van der Waals surface area contributed by atoms with Crippen LogP contribution >= 0.6 is 0 Å². The molecule has 3 aromatic rings. The number of aromatic carboxylic acids is 1. The number of nitrogen functional groups attached to an aromatic ring is 1. The number of fused-ring (bicyclic) bond motifs is 1. The maximum absolute atomic E-state index is 11.0. The van der Waals surface area contributed by atoms with Crippen LogP contribution in [0.2, 0.25) is 0 Å². The molecule has 0 saturated heterocycles. The molecule has 0 radical (unpaired) electrons. The van der Waals surface area contributed by atoms with Gasteiger partial charge in [-0.1, -0.05) is 12.1 Å². The fourth-order valence-electron chi connectivity index (χ4n) is 1.84. The number of benzene rings is 1. The third-order valence-electron chi connectivity index (χ3n) is 2.66. The van der Waals surface area contributed by atoms with Gasteiger partial charge in [0.15, 0.2) is 0 Å². The molecule has 0 saturated carbocycles. The molecule has 0 unspecified atom stereocenters. The molecular formula is C12H9N5O2. The molecule has 3 rings (SSSR count). The number of hydrogen-bond acceptors (Lipinski definition) is 5. The van der Waals surface area contributed by atoms with Crippen LogP contribution in [0.1, 0.15) is 10.4 Å². The minimum atomic E-state index is -0.981. The molecule has 0 bridgehead atoms. The van der Waals surface area contributed by atoms with Gasteiger partial charge in [0.25, 0.3) is 5.78 Å². The van der Waals surface area contributed by atoms with Gasteiger partial charge in [-0.05, 0) is 18.2 Å². The van der Waals surface area contributed by atoms with Gasteiger partial charge in [-0.25, -0.2) is 9.78 Å². The van der Waals surface area contributed by atoms with Crippen molar-refractivity contribution in [2.45, 2.75) is 0 Å². The largest absolute Gasteiger partial charge is 0.478 e. The minimum Gasteiger partial charge on any atom is -0.478 e. The number of carbonyl (C=O) groups is 1. The van der Waals surface area contributed by atoms with E-state index in [4.69, 9.17) is 10.8 Å². The van der Waals surface area contributed by atoms with Gasteiger partial charge in [0.2, 0.25) is 5.95 Å². The summed E-state index contributed by atoms with van der Waals surface area (Å²) in [6, 6.07) is 8.28. The number of rotatable bonds is 2. The summed E-state index contributed by atoms with van der Waals surface area (Å²) in [6.45, 7) is 0. The molecule has 2 heterocycles. The summed E-state index contributed by atoms with van der Waals surface area (Å²) in [6.07, 6.45) is 1.58. The Labute approximate surface area is 107 Å². The Hall–Kier alpha value is -2.96. The van der Waals surface area contributed by atoms with Crippen molar-refractivity contribution in [3.63, 3.8) is 0 Å². The first-order valence-corrected chi connectivity index (χ1v) is 5.46. The number of aromatic nitrogens is 4. The quantitative estimate of drug-likeness (QED) is 0.709. The number of anilines is 1. The highest BCUT2D eigenvalue weighted by Crippen LogP contribution is 2.20. The number of carboxylic acids is 1. The van der Waals surface area contributed by atoms with Crippen molar-refractivity contribution in [2.75, 3.05) is 5.73 Å². The molecule has 1 aromatic carbocycles. The Bertz CT molecular complexity index is 781. The zero-order valence-electron chi connectivity index (χ0n) is 9.69. The first-order chi connectivity index (χ1) is 9.15. The normalized spacial score (nSPS) is 10.7. The fourth-order valence-corrected chi connectivity index (χ4v) is 1.84.